The van der Waals surface area contributed by atoms with Crippen LogP contribution in [-0.2, 0) is 17.6 Å². The van der Waals surface area contributed by atoms with Crippen molar-refractivity contribution in [3.63, 3.8) is 0 Å². The summed E-state index contributed by atoms with van der Waals surface area (Å²) in [6, 6.07) is 6.55. The summed E-state index contributed by atoms with van der Waals surface area (Å²) >= 11 is 0. The molecule has 0 saturated carbocycles. The third-order valence-electron chi connectivity index (χ3n) is 3.48. The summed E-state index contributed by atoms with van der Waals surface area (Å²) in [6.07, 6.45) is 3.52. The van der Waals surface area contributed by atoms with Crippen molar-refractivity contribution in [2.75, 3.05) is 6.54 Å². The van der Waals surface area contributed by atoms with E-state index in [-0.39, 0.29) is 17.9 Å². The molecule has 22 heavy (non-hydrogen) atoms. The summed E-state index contributed by atoms with van der Waals surface area (Å²) in [4.78, 5) is 23.0. The molecule has 0 radical (unpaired) electrons. The lowest BCUT2D eigenvalue weighted by Gasteiger charge is -2.07. The Balaban J connectivity index is 1.79. The van der Waals surface area contributed by atoms with Gasteiger partial charge in [0.2, 0.25) is 5.91 Å². The standard InChI is InChI=1S/C16H19N3O3/c1-11-13(10-18-19-11)6-4-8-17-15(20)9-12-5-2-3-7-14(12)16(21)22/h2-3,5,7,10H,4,6,8-9H2,1H3,(H,17,20)(H,18,19)(H,21,22). The Morgan fingerprint density at radius 1 is 1.27 bits per heavy atom. The number of aromatic nitrogens is 2. The van der Waals surface area contributed by atoms with Crippen LogP contribution in [0.1, 0.15) is 33.6 Å². The predicted octanol–water partition coefficient (Wildman–Crippen LogP) is 1.71. The molecule has 2 rings (SSSR count). The number of nitrogens with one attached hydrogen (secondary N) is 2. The van der Waals surface area contributed by atoms with Crippen LogP contribution in [0.4, 0.5) is 0 Å². The summed E-state index contributed by atoms with van der Waals surface area (Å²) in [5.74, 6) is -1.18. The van der Waals surface area contributed by atoms with E-state index in [1.54, 1.807) is 24.4 Å². The molecule has 0 atom stereocenters. The van der Waals surface area contributed by atoms with Gasteiger partial charge in [0.15, 0.2) is 0 Å². The lowest BCUT2D eigenvalue weighted by molar-refractivity contribution is -0.120. The van der Waals surface area contributed by atoms with Gasteiger partial charge >= 0.3 is 5.97 Å². The van der Waals surface area contributed by atoms with E-state index in [9.17, 15) is 9.59 Å². The molecule has 2 aromatic rings. The Kier molecular flexibility index (Phi) is 5.30. The quantitative estimate of drug-likeness (QED) is 0.678. The largest absolute Gasteiger partial charge is 0.478 e. The normalized spacial score (nSPS) is 10.4. The van der Waals surface area contributed by atoms with Gasteiger partial charge in [-0.1, -0.05) is 18.2 Å². The molecule has 0 aliphatic carbocycles. The van der Waals surface area contributed by atoms with Gasteiger partial charge in [0.1, 0.15) is 0 Å². The molecule has 0 saturated heterocycles. The van der Waals surface area contributed by atoms with Crippen molar-refractivity contribution in [3.8, 4) is 0 Å². The average molecular weight is 301 g/mol. The maximum absolute atomic E-state index is 11.9. The lowest BCUT2D eigenvalue weighted by Crippen LogP contribution is -2.27. The number of hydrogen-bond acceptors (Lipinski definition) is 3. The fraction of sp³-hybridized carbons (Fsp3) is 0.312. The molecule has 1 aromatic heterocycles. The number of benzene rings is 1. The molecular formula is C16H19N3O3. The van der Waals surface area contributed by atoms with Crippen molar-refractivity contribution in [1.82, 2.24) is 15.5 Å². The van der Waals surface area contributed by atoms with Gasteiger partial charge in [0, 0.05) is 12.2 Å². The molecule has 1 amide bonds. The maximum Gasteiger partial charge on any atom is 0.335 e. The van der Waals surface area contributed by atoms with E-state index < -0.39 is 5.97 Å². The lowest BCUT2D eigenvalue weighted by atomic mass is 10.0. The summed E-state index contributed by atoms with van der Waals surface area (Å²) in [5.41, 5.74) is 2.89. The molecule has 116 valence electrons. The number of carboxylic acid groups (broad SMARTS) is 1. The van der Waals surface area contributed by atoms with Gasteiger partial charge in [0.25, 0.3) is 0 Å². The van der Waals surface area contributed by atoms with Crippen molar-refractivity contribution < 1.29 is 14.7 Å². The summed E-state index contributed by atoms with van der Waals surface area (Å²) < 4.78 is 0. The van der Waals surface area contributed by atoms with Crippen LogP contribution in [0.2, 0.25) is 0 Å². The molecule has 0 unspecified atom stereocenters. The number of carboxylic acids is 1. The molecule has 0 aliphatic rings. The van der Waals surface area contributed by atoms with Gasteiger partial charge in [-0.15, -0.1) is 0 Å². The third-order valence-corrected chi connectivity index (χ3v) is 3.48. The highest BCUT2D eigenvalue weighted by atomic mass is 16.4. The zero-order valence-electron chi connectivity index (χ0n) is 12.4. The fourth-order valence-corrected chi connectivity index (χ4v) is 2.25. The van der Waals surface area contributed by atoms with E-state index in [1.807, 2.05) is 6.92 Å². The monoisotopic (exact) mass is 301 g/mol. The van der Waals surface area contributed by atoms with E-state index in [4.69, 9.17) is 5.11 Å². The Morgan fingerprint density at radius 3 is 2.73 bits per heavy atom. The number of aromatic amines is 1. The van der Waals surface area contributed by atoms with Gasteiger partial charge in [-0.05, 0) is 37.0 Å². The Morgan fingerprint density at radius 2 is 2.05 bits per heavy atom. The van der Waals surface area contributed by atoms with Crippen LogP contribution in [0, 0.1) is 6.92 Å². The molecular weight excluding hydrogens is 282 g/mol. The number of H-pyrrole nitrogens is 1. The minimum absolute atomic E-state index is 0.0766. The Bertz CT molecular complexity index is 664. The first kappa shape index (κ1) is 15.8. The molecule has 0 fully saturated rings. The van der Waals surface area contributed by atoms with Gasteiger partial charge in [-0.2, -0.15) is 5.10 Å². The SMILES string of the molecule is Cc1[nH]ncc1CCCNC(=O)Cc1ccccc1C(=O)O. The van der Waals surface area contributed by atoms with Gasteiger partial charge < -0.3 is 10.4 Å². The van der Waals surface area contributed by atoms with Crippen LogP contribution in [0.5, 0.6) is 0 Å². The number of amides is 1. The molecule has 0 bridgehead atoms. The predicted molar refractivity (Wildman–Crippen MR) is 81.8 cm³/mol. The van der Waals surface area contributed by atoms with E-state index in [1.165, 1.54) is 6.07 Å². The molecule has 6 nitrogen and oxygen atoms in total. The summed E-state index contributed by atoms with van der Waals surface area (Å²) in [6.45, 7) is 2.52. The molecule has 6 heteroatoms. The van der Waals surface area contributed by atoms with E-state index in [0.717, 1.165) is 24.1 Å². The smallest absolute Gasteiger partial charge is 0.335 e. The van der Waals surface area contributed by atoms with E-state index in [2.05, 4.69) is 15.5 Å². The Labute approximate surface area is 128 Å². The van der Waals surface area contributed by atoms with Crippen LogP contribution >= 0.6 is 0 Å². The van der Waals surface area contributed by atoms with Crippen LogP contribution in [0.3, 0.4) is 0 Å². The number of rotatable bonds is 7. The molecule has 0 aliphatic heterocycles. The first-order valence-electron chi connectivity index (χ1n) is 7.14. The van der Waals surface area contributed by atoms with Gasteiger partial charge in [-0.3, -0.25) is 9.89 Å². The van der Waals surface area contributed by atoms with Crippen molar-refractivity contribution in [2.45, 2.75) is 26.2 Å². The number of aromatic carboxylic acids is 1. The van der Waals surface area contributed by atoms with Crippen LogP contribution in [0.15, 0.2) is 30.5 Å². The van der Waals surface area contributed by atoms with Crippen molar-refractivity contribution in [3.05, 3.63) is 52.8 Å². The highest BCUT2D eigenvalue weighted by molar-refractivity contribution is 5.91. The maximum atomic E-state index is 11.9. The second-order valence-corrected chi connectivity index (χ2v) is 5.11. The fourth-order valence-electron chi connectivity index (χ4n) is 2.25. The topological polar surface area (TPSA) is 95.1 Å². The van der Waals surface area contributed by atoms with E-state index in [0.29, 0.717) is 12.1 Å². The van der Waals surface area contributed by atoms with Gasteiger partial charge in [0.05, 0.1) is 18.2 Å². The van der Waals surface area contributed by atoms with Crippen LogP contribution in [0.25, 0.3) is 0 Å². The molecule has 0 spiro atoms. The zero-order valence-corrected chi connectivity index (χ0v) is 12.4. The highest BCUT2D eigenvalue weighted by Gasteiger charge is 2.12. The van der Waals surface area contributed by atoms with Crippen LogP contribution in [-0.4, -0.2) is 33.7 Å². The molecule has 1 aromatic carbocycles. The van der Waals surface area contributed by atoms with Crippen LogP contribution < -0.4 is 5.32 Å². The van der Waals surface area contributed by atoms with Crippen molar-refractivity contribution in [1.29, 1.82) is 0 Å². The minimum atomic E-state index is -1.01. The molecule has 3 N–H and O–H groups in total. The van der Waals surface area contributed by atoms with Gasteiger partial charge in [-0.25, -0.2) is 4.79 Å². The first-order valence-corrected chi connectivity index (χ1v) is 7.14. The zero-order chi connectivity index (χ0) is 15.9. The van der Waals surface area contributed by atoms with E-state index >= 15 is 0 Å². The van der Waals surface area contributed by atoms with Crippen molar-refractivity contribution in [2.24, 2.45) is 0 Å². The highest BCUT2D eigenvalue weighted by Crippen LogP contribution is 2.09. The number of hydrogen-bond donors (Lipinski definition) is 3. The first-order chi connectivity index (χ1) is 10.6. The summed E-state index contributed by atoms with van der Waals surface area (Å²) in [7, 11) is 0. The van der Waals surface area contributed by atoms with Crippen molar-refractivity contribution >= 4 is 11.9 Å². The average Bonchev–Trinajstić information content (AvgIpc) is 2.89. The second-order valence-electron chi connectivity index (χ2n) is 5.11. The number of nitrogens with zero attached hydrogens (tertiary/aromatic N) is 1. The minimum Gasteiger partial charge on any atom is -0.478 e. The second kappa shape index (κ2) is 7.40. The number of aryl methyl sites for hydroxylation is 2. The number of carbonyl (C=O) groups is 2. The summed E-state index contributed by atoms with van der Waals surface area (Å²) in [5, 5.41) is 18.7. The third kappa shape index (κ3) is 4.18. The molecule has 1 heterocycles. The number of carbonyl (C=O) groups excluding carboxylic acids is 1. The Hall–Kier alpha value is -2.63.